The third kappa shape index (κ3) is 6.02. The quantitative estimate of drug-likeness (QED) is 0.421. The summed E-state index contributed by atoms with van der Waals surface area (Å²) < 4.78 is 19.5. The van der Waals surface area contributed by atoms with E-state index in [4.69, 9.17) is 0 Å². The van der Waals surface area contributed by atoms with E-state index in [0.717, 1.165) is 12.7 Å². The molecule has 9 nitrogen and oxygen atoms in total. The number of halogens is 1. The van der Waals surface area contributed by atoms with E-state index in [1.54, 1.807) is 49.7 Å². The Kier molecular flexibility index (Phi) is 7.85. The maximum Gasteiger partial charge on any atom is 0.330 e. The summed E-state index contributed by atoms with van der Waals surface area (Å²) in [7, 11) is 1.15. The number of para-hydroxylation sites is 1. The Bertz CT molecular complexity index is 1220. The summed E-state index contributed by atoms with van der Waals surface area (Å²) in [5.74, 6) is -2.37. The number of aromatic nitrogens is 2. The van der Waals surface area contributed by atoms with Crippen LogP contribution < -0.4 is 10.6 Å². The fourth-order valence-corrected chi connectivity index (χ4v) is 3.63. The van der Waals surface area contributed by atoms with Crippen LogP contribution in [0.15, 0.2) is 48.5 Å². The molecule has 0 bridgehead atoms. The lowest BCUT2D eigenvalue weighted by Crippen LogP contribution is -2.57. The van der Waals surface area contributed by atoms with Crippen molar-refractivity contribution in [2.75, 3.05) is 13.7 Å². The summed E-state index contributed by atoms with van der Waals surface area (Å²) >= 11 is 0. The Labute approximate surface area is 202 Å². The molecule has 2 amide bonds. The van der Waals surface area contributed by atoms with Gasteiger partial charge in [-0.2, -0.15) is 5.10 Å². The molecule has 2 aromatic carbocycles. The number of hydrogen-bond acceptors (Lipinski definition) is 6. The van der Waals surface area contributed by atoms with Gasteiger partial charge >= 0.3 is 5.97 Å². The van der Waals surface area contributed by atoms with E-state index >= 15 is 0 Å². The molecule has 0 fully saturated rings. The molecular formula is C25H29FN4O5. The summed E-state index contributed by atoms with van der Waals surface area (Å²) in [5, 5.41) is 19.7. The molecule has 2 atom stereocenters. The van der Waals surface area contributed by atoms with Crippen molar-refractivity contribution in [3.05, 3.63) is 65.6 Å². The molecule has 0 aliphatic carbocycles. The first-order valence-electron chi connectivity index (χ1n) is 11.0. The molecule has 0 unspecified atom stereocenters. The topological polar surface area (TPSA) is 123 Å². The van der Waals surface area contributed by atoms with Crippen LogP contribution in [0.3, 0.4) is 0 Å². The number of hydrogen-bond donors (Lipinski definition) is 3. The number of nitrogens with zero attached hydrogens (tertiary/aromatic N) is 2. The zero-order valence-corrected chi connectivity index (χ0v) is 20.0. The van der Waals surface area contributed by atoms with Crippen molar-refractivity contribution in [3.63, 3.8) is 0 Å². The summed E-state index contributed by atoms with van der Waals surface area (Å²) in [6.45, 7) is 4.94. The van der Waals surface area contributed by atoms with Crippen LogP contribution in [-0.4, -0.2) is 58.5 Å². The van der Waals surface area contributed by atoms with Crippen molar-refractivity contribution < 1.29 is 28.6 Å². The molecule has 186 valence electrons. The number of methoxy groups -OCH3 is 1. The first kappa shape index (κ1) is 25.8. The van der Waals surface area contributed by atoms with Crippen molar-refractivity contribution in [1.82, 2.24) is 20.4 Å². The minimum atomic E-state index is -1.26. The van der Waals surface area contributed by atoms with Gasteiger partial charge in [-0.05, 0) is 29.2 Å². The van der Waals surface area contributed by atoms with Gasteiger partial charge in [0.2, 0.25) is 5.91 Å². The Balaban J connectivity index is 1.89. The van der Waals surface area contributed by atoms with E-state index in [1.165, 1.54) is 12.1 Å². The van der Waals surface area contributed by atoms with E-state index < -0.39 is 41.9 Å². The number of aliphatic hydroxyl groups excluding tert-OH is 1. The SMILES string of the molecule is COC(=O)[C@@H](CO)NC(=O)[C@@H](NC(=O)c1nn(Cc2ccc(F)cc2)c2ccccc12)C(C)(C)C. The van der Waals surface area contributed by atoms with Gasteiger partial charge in [-0.25, -0.2) is 9.18 Å². The lowest BCUT2D eigenvalue weighted by atomic mass is 9.85. The second-order valence-corrected chi connectivity index (χ2v) is 9.19. The molecule has 0 radical (unpaired) electrons. The van der Waals surface area contributed by atoms with Crippen molar-refractivity contribution in [3.8, 4) is 0 Å². The first-order valence-corrected chi connectivity index (χ1v) is 11.0. The monoisotopic (exact) mass is 484 g/mol. The van der Waals surface area contributed by atoms with Gasteiger partial charge in [0.1, 0.15) is 11.9 Å². The molecule has 3 rings (SSSR count). The van der Waals surface area contributed by atoms with Crippen LogP contribution in [0.2, 0.25) is 0 Å². The summed E-state index contributed by atoms with van der Waals surface area (Å²) in [5.41, 5.74) is 0.889. The fourth-order valence-electron chi connectivity index (χ4n) is 3.63. The van der Waals surface area contributed by atoms with E-state index in [1.807, 2.05) is 12.1 Å². The van der Waals surface area contributed by atoms with Crippen molar-refractivity contribution in [1.29, 1.82) is 0 Å². The Morgan fingerprint density at radius 2 is 1.74 bits per heavy atom. The number of ether oxygens (including phenoxy) is 1. The van der Waals surface area contributed by atoms with Crippen LogP contribution in [0, 0.1) is 11.2 Å². The molecule has 0 saturated carbocycles. The van der Waals surface area contributed by atoms with E-state index in [9.17, 15) is 23.9 Å². The lowest BCUT2D eigenvalue weighted by molar-refractivity contribution is -0.146. The summed E-state index contributed by atoms with van der Waals surface area (Å²) in [6.07, 6.45) is 0. The minimum Gasteiger partial charge on any atom is -0.467 e. The highest BCUT2D eigenvalue weighted by Crippen LogP contribution is 2.23. The zero-order valence-electron chi connectivity index (χ0n) is 20.0. The molecule has 1 heterocycles. The minimum absolute atomic E-state index is 0.122. The number of amides is 2. The number of aliphatic hydroxyl groups is 1. The number of rotatable bonds is 8. The standard InChI is InChI=1S/C25H29FN4O5/c1-25(2,3)21(23(33)27-18(14-31)24(34)35-4)28-22(32)20-17-7-5-6-8-19(17)30(29-20)13-15-9-11-16(26)12-10-15/h5-12,18,21,31H,13-14H2,1-4H3,(H,27,33)(H,28,32)/t18-,21-/m1/s1. The largest absolute Gasteiger partial charge is 0.467 e. The van der Waals surface area contributed by atoms with Crippen molar-refractivity contribution in [2.24, 2.45) is 5.41 Å². The molecular weight excluding hydrogens is 455 g/mol. The molecule has 0 spiro atoms. The van der Waals surface area contributed by atoms with Crippen molar-refractivity contribution >= 4 is 28.7 Å². The van der Waals surface area contributed by atoms with E-state index in [0.29, 0.717) is 17.4 Å². The Hall–Kier alpha value is -3.79. The molecule has 3 N–H and O–H groups in total. The zero-order chi connectivity index (χ0) is 25.8. The molecule has 0 aliphatic heterocycles. The molecule has 35 heavy (non-hydrogen) atoms. The van der Waals surface area contributed by atoms with Gasteiger partial charge in [-0.1, -0.05) is 51.1 Å². The van der Waals surface area contributed by atoms with Gasteiger partial charge in [-0.3, -0.25) is 14.3 Å². The predicted octanol–water partition coefficient (Wildman–Crippen LogP) is 2.02. The van der Waals surface area contributed by atoms with E-state index in [2.05, 4.69) is 20.5 Å². The van der Waals surface area contributed by atoms with Crippen LogP contribution in [0.1, 0.15) is 36.8 Å². The average Bonchev–Trinajstić information content (AvgIpc) is 3.19. The van der Waals surface area contributed by atoms with Crippen LogP contribution >= 0.6 is 0 Å². The molecule has 1 aromatic heterocycles. The summed E-state index contributed by atoms with van der Waals surface area (Å²) in [4.78, 5) is 38.1. The maximum atomic E-state index is 13.3. The van der Waals surface area contributed by atoms with Gasteiger partial charge < -0.3 is 20.5 Å². The van der Waals surface area contributed by atoms with E-state index in [-0.39, 0.29) is 11.5 Å². The molecule has 0 saturated heterocycles. The number of carbonyl (C=O) groups excluding carboxylic acids is 3. The van der Waals surface area contributed by atoms with Crippen LogP contribution in [0.5, 0.6) is 0 Å². The summed E-state index contributed by atoms with van der Waals surface area (Å²) in [6, 6.07) is 10.9. The highest BCUT2D eigenvalue weighted by molar-refractivity contribution is 6.06. The van der Waals surface area contributed by atoms with Crippen LogP contribution in [0.25, 0.3) is 10.9 Å². The molecule has 3 aromatic rings. The van der Waals surface area contributed by atoms with Crippen molar-refractivity contribution in [2.45, 2.75) is 39.4 Å². The normalized spacial score (nSPS) is 13.2. The Morgan fingerprint density at radius 1 is 1.09 bits per heavy atom. The highest BCUT2D eigenvalue weighted by Gasteiger charge is 2.36. The van der Waals surface area contributed by atoms with Crippen LogP contribution in [0.4, 0.5) is 4.39 Å². The first-order chi connectivity index (χ1) is 16.5. The number of fused-ring (bicyclic) bond motifs is 1. The fraction of sp³-hybridized carbons (Fsp3) is 0.360. The van der Waals surface area contributed by atoms with Gasteiger partial charge in [0.15, 0.2) is 11.7 Å². The second-order valence-electron chi connectivity index (χ2n) is 9.19. The predicted molar refractivity (Wildman–Crippen MR) is 127 cm³/mol. The number of esters is 1. The Morgan fingerprint density at radius 3 is 2.34 bits per heavy atom. The molecule has 0 aliphatic rings. The number of benzene rings is 2. The van der Waals surface area contributed by atoms with Crippen LogP contribution in [-0.2, 0) is 20.9 Å². The second kappa shape index (κ2) is 10.6. The lowest BCUT2D eigenvalue weighted by Gasteiger charge is -2.31. The number of nitrogens with one attached hydrogen (secondary N) is 2. The van der Waals surface area contributed by atoms with Gasteiger partial charge in [-0.15, -0.1) is 0 Å². The third-order valence-corrected chi connectivity index (χ3v) is 5.51. The maximum absolute atomic E-state index is 13.3. The third-order valence-electron chi connectivity index (χ3n) is 5.51. The van der Waals surface area contributed by atoms with Gasteiger partial charge in [0.05, 0.1) is 25.8 Å². The average molecular weight is 485 g/mol. The smallest absolute Gasteiger partial charge is 0.330 e. The highest BCUT2D eigenvalue weighted by atomic mass is 19.1. The van der Waals surface area contributed by atoms with Gasteiger partial charge in [0, 0.05) is 5.39 Å². The molecule has 10 heteroatoms. The van der Waals surface area contributed by atoms with Gasteiger partial charge in [0.25, 0.3) is 5.91 Å². The number of carbonyl (C=O) groups is 3.